The molecule has 0 amide bonds. The molecule has 1 fully saturated rings. The third kappa shape index (κ3) is 3.45. The predicted molar refractivity (Wildman–Crippen MR) is 71.6 cm³/mol. The quantitative estimate of drug-likeness (QED) is 0.927. The van der Waals surface area contributed by atoms with Crippen molar-refractivity contribution < 1.29 is 14.3 Å². The van der Waals surface area contributed by atoms with Crippen molar-refractivity contribution in [2.45, 2.75) is 32.4 Å². The van der Waals surface area contributed by atoms with Gasteiger partial charge in [0.25, 0.3) is 0 Å². The summed E-state index contributed by atoms with van der Waals surface area (Å²) >= 11 is 6.01. The number of benzene rings is 1. The lowest BCUT2D eigenvalue weighted by atomic mass is 9.91. The highest BCUT2D eigenvalue weighted by atomic mass is 35.5. The maximum atomic E-state index is 13.0. The van der Waals surface area contributed by atoms with E-state index in [9.17, 15) is 9.18 Å². The van der Waals surface area contributed by atoms with Crippen LogP contribution in [0.1, 0.15) is 25.3 Å². The predicted octanol–water partition coefficient (Wildman–Crippen LogP) is 3.16. The molecule has 0 aliphatic carbocycles. The van der Waals surface area contributed by atoms with Crippen LogP contribution in [0.5, 0.6) is 0 Å². The lowest BCUT2D eigenvalue weighted by molar-refractivity contribution is -0.144. The van der Waals surface area contributed by atoms with Gasteiger partial charge in [-0.15, -0.1) is 0 Å². The van der Waals surface area contributed by atoms with Crippen molar-refractivity contribution in [3.8, 4) is 0 Å². The molecular formula is C14H17ClFNO2. The number of halogens is 2. The van der Waals surface area contributed by atoms with Crippen LogP contribution in [-0.2, 0) is 11.3 Å². The monoisotopic (exact) mass is 285 g/mol. The summed E-state index contributed by atoms with van der Waals surface area (Å²) in [6.07, 6.45) is 1.30. The van der Waals surface area contributed by atoms with Gasteiger partial charge in [-0.2, -0.15) is 0 Å². The first-order chi connectivity index (χ1) is 8.97. The molecular weight excluding hydrogens is 269 g/mol. The molecule has 19 heavy (non-hydrogen) atoms. The Morgan fingerprint density at radius 2 is 2.32 bits per heavy atom. The van der Waals surface area contributed by atoms with Crippen molar-refractivity contribution >= 4 is 17.6 Å². The molecule has 1 aromatic rings. The second kappa shape index (κ2) is 5.88. The molecule has 3 nitrogen and oxygen atoms in total. The van der Waals surface area contributed by atoms with E-state index >= 15 is 0 Å². The Kier molecular flexibility index (Phi) is 4.42. The van der Waals surface area contributed by atoms with Crippen molar-refractivity contribution in [3.63, 3.8) is 0 Å². The number of piperidine rings is 1. The summed E-state index contributed by atoms with van der Waals surface area (Å²) in [6, 6.07) is 4.59. The minimum absolute atomic E-state index is 0.191. The smallest absolute Gasteiger partial charge is 0.306 e. The topological polar surface area (TPSA) is 40.5 Å². The molecule has 1 N–H and O–H groups in total. The summed E-state index contributed by atoms with van der Waals surface area (Å²) in [4.78, 5) is 13.2. The first-order valence-electron chi connectivity index (χ1n) is 6.38. The first kappa shape index (κ1) is 14.3. The fourth-order valence-corrected chi connectivity index (χ4v) is 2.78. The van der Waals surface area contributed by atoms with E-state index in [2.05, 4.69) is 4.90 Å². The van der Waals surface area contributed by atoms with Gasteiger partial charge in [0.15, 0.2) is 0 Å². The second-order valence-electron chi connectivity index (χ2n) is 5.11. The van der Waals surface area contributed by atoms with Crippen LogP contribution in [0.2, 0.25) is 5.02 Å². The van der Waals surface area contributed by atoms with Gasteiger partial charge in [-0.3, -0.25) is 9.69 Å². The molecule has 0 radical (unpaired) electrons. The number of hydrogen-bond acceptors (Lipinski definition) is 2. The molecule has 5 heteroatoms. The van der Waals surface area contributed by atoms with Gasteiger partial charge in [0.1, 0.15) is 5.82 Å². The minimum atomic E-state index is -0.716. The van der Waals surface area contributed by atoms with Crippen LogP contribution in [0, 0.1) is 11.7 Å². The summed E-state index contributed by atoms with van der Waals surface area (Å²) in [5, 5.41) is 9.45. The zero-order chi connectivity index (χ0) is 14.0. The fraction of sp³-hybridized carbons (Fsp3) is 0.500. The van der Waals surface area contributed by atoms with Gasteiger partial charge in [0, 0.05) is 17.6 Å². The molecule has 2 unspecified atom stereocenters. The van der Waals surface area contributed by atoms with Crippen LogP contribution in [-0.4, -0.2) is 28.6 Å². The molecule has 1 aromatic carbocycles. The van der Waals surface area contributed by atoms with E-state index in [4.69, 9.17) is 16.7 Å². The molecule has 2 rings (SSSR count). The third-order valence-electron chi connectivity index (χ3n) is 3.75. The number of likely N-dealkylation sites (tertiary alicyclic amines) is 1. The summed E-state index contributed by atoms with van der Waals surface area (Å²) in [5.74, 6) is -1.31. The Bertz CT molecular complexity index is 481. The molecule has 0 saturated carbocycles. The summed E-state index contributed by atoms with van der Waals surface area (Å²) in [6.45, 7) is 3.38. The van der Waals surface area contributed by atoms with E-state index in [0.29, 0.717) is 24.4 Å². The zero-order valence-electron chi connectivity index (χ0n) is 10.8. The number of hydrogen-bond donors (Lipinski definition) is 1. The van der Waals surface area contributed by atoms with E-state index in [0.717, 1.165) is 12.1 Å². The Morgan fingerprint density at radius 1 is 1.58 bits per heavy atom. The maximum Gasteiger partial charge on any atom is 0.306 e. The summed E-state index contributed by atoms with van der Waals surface area (Å²) in [5.41, 5.74) is 0.878. The molecule has 1 aliphatic rings. The molecule has 0 spiro atoms. The molecule has 104 valence electrons. The number of carbonyl (C=O) groups is 1. The van der Waals surface area contributed by atoms with Crippen LogP contribution in [0.15, 0.2) is 18.2 Å². The summed E-state index contributed by atoms with van der Waals surface area (Å²) in [7, 11) is 0. The number of nitrogens with zero attached hydrogens (tertiary/aromatic N) is 1. The molecule has 2 atom stereocenters. The Morgan fingerprint density at radius 3 is 2.89 bits per heavy atom. The van der Waals surface area contributed by atoms with Crippen LogP contribution in [0.25, 0.3) is 0 Å². The Labute approximate surface area is 117 Å². The van der Waals surface area contributed by atoms with Crippen molar-refractivity contribution in [2.24, 2.45) is 5.92 Å². The minimum Gasteiger partial charge on any atom is -0.481 e. The number of carboxylic acid groups (broad SMARTS) is 1. The molecule has 1 saturated heterocycles. The van der Waals surface area contributed by atoms with E-state index in [1.807, 2.05) is 6.92 Å². The normalized spacial score (nSPS) is 24.4. The molecule has 1 aliphatic heterocycles. The highest BCUT2D eigenvalue weighted by Gasteiger charge is 2.29. The van der Waals surface area contributed by atoms with Gasteiger partial charge >= 0.3 is 5.97 Å². The lowest BCUT2D eigenvalue weighted by Crippen LogP contribution is -2.42. The number of aliphatic carboxylic acids is 1. The van der Waals surface area contributed by atoms with E-state index in [1.54, 1.807) is 6.07 Å². The van der Waals surface area contributed by atoms with Crippen molar-refractivity contribution in [1.29, 1.82) is 0 Å². The zero-order valence-corrected chi connectivity index (χ0v) is 11.5. The highest BCUT2D eigenvalue weighted by molar-refractivity contribution is 6.31. The summed E-state index contributed by atoms with van der Waals surface area (Å²) < 4.78 is 13.0. The lowest BCUT2D eigenvalue weighted by Gasteiger charge is -2.36. The largest absolute Gasteiger partial charge is 0.481 e. The molecule has 0 aromatic heterocycles. The van der Waals surface area contributed by atoms with Gasteiger partial charge in [-0.1, -0.05) is 17.7 Å². The maximum absolute atomic E-state index is 13.0. The van der Waals surface area contributed by atoms with Crippen molar-refractivity contribution in [1.82, 2.24) is 4.90 Å². The number of rotatable bonds is 3. The van der Waals surface area contributed by atoms with E-state index in [-0.39, 0.29) is 17.8 Å². The third-order valence-corrected chi connectivity index (χ3v) is 4.10. The van der Waals surface area contributed by atoms with Gasteiger partial charge in [0.05, 0.1) is 5.92 Å². The fourth-order valence-electron chi connectivity index (χ4n) is 2.55. The van der Waals surface area contributed by atoms with Gasteiger partial charge < -0.3 is 5.11 Å². The van der Waals surface area contributed by atoms with Gasteiger partial charge in [-0.25, -0.2) is 4.39 Å². The average Bonchev–Trinajstić information content (AvgIpc) is 2.34. The average molecular weight is 286 g/mol. The van der Waals surface area contributed by atoms with E-state index < -0.39 is 5.97 Å². The standard InChI is InChI=1S/C14H17ClFNO2/c1-9-6-10(14(18)19)4-5-17(9)8-11-2-3-12(16)7-13(11)15/h2-3,7,9-10H,4-6,8H2,1H3,(H,18,19). The number of carboxylic acids is 1. The van der Waals surface area contributed by atoms with Gasteiger partial charge in [-0.05, 0) is 44.0 Å². The van der Waals surface area contributed by atoms with Crippen molar-refractivity contribution in [2.75, 3.05) is 6.54 Å². The van der Waals surface area contributed by atoms with Gasteiger partial charge in [0.2, 0.25) is 0 Å². The molecule has 0 bridgehead atoms. The van der Waals surface area contributed by atoms with E-state index in [1.165, 1.54) is 12.1 Å². The first-order valence-corrected chi connectivity index (χ1v) is 6.76. The van der Waals surface area contributed by atoms with Crippen LogP contribution in [0.3, 0.4) is 0 Å². The van der Waals surface area contributed by atoms with Crippen LogP contribution >= 0.6 is 11.6 Å². The Hall–Kier alpha value is -1.13. The highest BCUT2D eigenvalue weighted by Crippen LogP contribution is 2.26. The Balaban J connectivity index is 2.02. The SMILES string of the molecule is CC1CC(C(=O)O)CCN1Cc1ccc(F)cc1Cl. The van der Waals surface area contributed by atoms with Crippen molar-refractivity contribution in [3.05, 3.63) is 34.6 Å². The van der Waals surface area contributed by atoms with Crippen LogP contribution < -0.4 is 0 Å². The van der Waals surface area contributed by atoms with Crippen LogP contribution in [0.4, 0.5) is 4.39 Å². The molecule has 1 heterocycles. The second-order valence-corrected chi connectivity index (χ2v) is 5.52.